The van der Waals surface area contributed by atoms with E-state index in [0.717, 1.165) is 6.07 Å². The summed E-state index contributed by atoms with van der Waals surface area (Å²) in [4.78, 5) is 10.7. The van der Waals surface area contributed by atoms with Crippen LogP contribution in [-0.4, -0.2) is 19.7 Å². The Morgan fingerprint density at radius 3 is 2.29 bits per heavy atom. The summed E-state index contributed by atoms with van der Waals surface area (Å²) >= 11 is 0. The van der Waals surface area contributed by atoms with Gasteiger partial charge in [-0.1, -0.05) is 12.1 Å². The lowest BCUT2D eigenvalue weighted by Gasteiger charge is -2.21. The molecule has 1 aromatic heterocycles. The number of rotatable bonds is 2. The molecule has 28 heavy (non-hydrogen) atoms. The summed E-state index contributed by atoms with van der Waals surface area (Å²) in [6.45, 7) is 3.72. The normalized spacial score (nSPS) is 25.4. The first-order valence-corrected chi connectivity index (χ1v) is 8.92. The smallest absolute Gasteiger partial charge is 0.280 e. The van der Waals surface area contributed by atoms with Crippen LogP contribution in [0.5, 0.6) is 11.8 Å². The Hall–Kier alpha value is -3.13. The average Bonchev–Trinajstić information content (AvgIpc) is 3.18. The van der Waals surface area contributed by atoms with Gasteiger partial charge in [-0.15, -0.1) is 0 Å². The maximum Gasteiger partial charge on any atom is 0.280 e. The molecule has 0 spiro atoms. The Bertz CT molecular complexity index is 1160. The fourth-order valence-electron chi connectivity index (χ4n) is 4.88. The topological polar surface area (TPSA) is 97.8 Å². The van der Waals surface area contributed by atoms with Crippen molar-refractivity contribution >= 4 is 16.5 Å². The fraction of sp³-hybridized carbons (Fsp3) is 0.300. The van der Waals surface area contributed by atoms with Crippen molar-refractivity contribution in [3.05, 3.63) is 57.4 Å². The molecule has 0 radical (unpaired) electrons. The molecule has 3 aromatic rings. The fourth-order valence-corrected chi connectivity index (χ4v) is 4.88. The molecule has 0 saturated carbocycles. The molecule has 0 amide bonds. The molecule has 2 unspecified atom stereocenters. The van der Waals surface area contributed by atoms with Gasteiger partial charge in [-0.25, -0.2) is 4.39 Å². The van der Waals surface area contributed by atoms with Crippen LogP contribution in [0.25, 0.3) is 16.5 Å². The van der Waals surface area contributed by atoms with Gasteiger partial charge >= 0.3 is 0 Å². The largest absolute Gasteiger partial charge is 0.494 e. The number of fused-ring (bicyclic) bond motifs is 6. The van der Waals surface area contributed by atoms with E-state index in [9.17, 15) is 24.7 Å². The van der Waals surface area contributed by atoms with Gasteiger partial charge in [0.2, 0.25) is 11.8 Å². The summed E-state index contributed by atoms with van der Waals surface area (Å²) in [6, 6.07) is 6.69. The maximum absolute atomic E-state index is 14.5. The second kappa shape index (κ2) is 5.02. The number of ether oxygens (including phenoxy) is 1. The van der Waals surface area contributed by atoms with E-state index in [2.05, 4.69) is 0 Å². The Morgan fingerprint density at radius 2 is 1.71 bits per heavy atom. The van der Waals surface area contributed by atoms with E-state index in [-0.39, 0.29) is 33.9 Å². The molecule has 5 rings (SSSR count). The van der Waals surface area contributed by atoms with Gasteiger partial charge in [-0.3, -0.25) is 14.7 Å². The molecule has 2 aliphatic heterocycles. The molecule has 2 aliphatic rings. The number of halogens is 1. The molecule has 0 aliphatic carbocycles. The lowest BCUT2D eigenvalue weighted by molar-refractivity contribution is -0.383. The third kappa shape index (κ3) is 1.85. The number of aromatic nitrogens is 1. The van der Waals surface area contributed by atoms with Crippen molar-refractivity contribution in [1.29, 1.82) is 0 Å². The lowest BCUT2D eigenvalue weighted by atomic mass is 9.80. The Morgan fingerprint density at radius 1 is 1.11 bits per heavy atom. The zero-order valence-electron chi connectivity index (χ0n) is 15.2. The summed E-state index contributed by atoms with van der Waals surface area (Å²) in [5.41, 5.74) is -0.533. The molecule has 3 heterocycles. The van der Waals surface area contributed by atoms with Crippen molar-refractivity contribution in [3.63, 3.8) is 0 Å². The number of hydrogen-bond donors (Lipinski definition) is 2. The second-order valence-corrected chi connectivity index (χ2v) is 7.82. The summed E-state index contributed by atoms with van der Waals surface area (Å²) < 4.78 is 21.8. The van der Waals surface area contributed by atoms with Crippen LogP contribution in [0.4, 0.5) is 10.1 Å². The number of nitro groups is 1. The molecule has 144 valence electrons. The Kier molecular flexibility index (Phi) is 3.05. The summed E-state index contributed by atoms with van der Waals surface area (Å²) in [7, 11) is 0. The van der Waals surface area contributed by atoms with Gasteiger partial charge in [-0.05, 0) is 38.8 Å². The predicted octanol–water partition coefficient (Wildman–Crippen LogP) is 4.34. The number of hydrogen-bond acceptors (Lipinski definition) is 5. The minimum Gasteiger partial charge on any atom is -0.494 e. The van der Waals surface area contributed by atoms with Crippen LogP contribution in [0, 0.1) is 15.9 Å². The monoisotopic (exact) mass is 384 g/mol. The van der Waals surface area contributed by atoms with E-state index < -0.39 is 21.9 Å². The zero-order chi connectivity index (χ0) is 20.0. The molecule has 2 aromatic carbocycles. The summed E-state index contributed by atoms with van der Waals surface area (Å²) in [5, 5.41) is 33.4. The zero-order valence-corrected chi connectivity index (χ0v) is 15.2. The van der Waals surface area contributed by atoms with Crippen LogP contribution >= 0.6 is 0 Å². The predicted molar refractivity (Wildman–Crippen MR) is 98.2 cm³/mol. The Balaban J connectivity index is 1.87. The second-order valence-electron chi connectivity index (χ2n) is 7.82. The summed E-state index contributed by atoms with van der Waals surface area (Å²) in [6.07, 6.45) is 1.40. The van der Waals surface area contributed by atoms with Gasteiger partial charge in [-0.2, -0.15) is 0 Å². The van der Waals surface area contributed by atoms with Gasteiger partial charge in [0.1, 0.15) is 5.82 Å². The van der Waals surface area contributed by atoms with Gasteiger partial charge in [0.25, 0.3) is 5.69 Å². The van der Waals surface area contributed by atoms with Gasteiger partial charge < -0.3 is 14.9 Å². The van der Waals surface area contributed by atoms with E-state index >= 15 is 0 Å². The highest BCUT2D eigenvalue weighted by Crippen LogP contribution is 2.64. The molecule has 2 atom stereocenters. The molecule has 8 heteroatoms. The van der Waals surface area contributed by atoms with Gasteiger partial charge in [0.15, 0.2) is 0 Å². The van der Waals surface area contributed by atoms with Gasteiger partial charge in [0.05, 0.1) is 38.3 Å². The standard InChI is InChI=1S/C20H17FN2O5/c1-19-8-9-20(2,28-19)16-15(19)17(24)22(18(16)25)12-6-7-13(23(26)27)14-10(12)4-3-5-11(14)21/h3-7,24-25H,8-9H2,1-2H3. The number of nitrogens with zero attached hydrogens (tertiary/aromatic N) is 2. The molecular formula is C20H17FN2O5. The third-order valence-electron chi connectivity index (χ3n) is 6.09. The van der Waals surface area contributed by atoms with Crippen LogP contribution in [0.1, 0.15) is 37.8 Å². The quantitative estimate of drug-likeness (QED) is 0.506. The van der Waals surface area contributed by atoms with Crippen LogP contribution in [0.2, 0.25) is 0 Å². The highest BCUT2D eigenvalue weighted by molar-refractivity contribution is 5.97. The molecular weight excluding hydrogens is 367 g/mol. The average molecular weight is 384 g/mol. The van der Waals surface area contributed by atoms with Crippen LogP contribution in [-0.2, 0) is 15.9 Å². The first kappa shape index (κ1) is 17.0. The van der Waals surface area contributed by atoms with Crippen LogP contribution in [0.3, 0.4) is 0 Å². The van der Waals surface area contributed by atoms with E-state index in [1.165, 1.54) is 28.8 Å². The SMILES string of the molecule is CC12CCC(C)(O1)c1c2c(O)n(-c2ccc([N+](=O)[O-])c3c(F)cccc23)c1O. The van der Waals surface area contributed by atoms with Crippen molar-refractivity contribution < 1.29 is 24.3 Å². The third-order valence-corrected chi connectivity index (χ3v) is 6.09. The van der Waals surface area contributed by atoms with Crippen LogP contribution < -0.4 is 0 Å². The van der Waals surface area contributed by atoms with E-state index in [1.54, 1.807) is 0 Å². The van der Waals surface area contributed by atoms with Gasteiger partial charge in [0, 0.05) is 11.5 Å². The van der Waals surface area contributed by atoms with Crippen molar-refractivity contribution in [2.24, 2.45) is 0 Å². The maximum atomic E-state index is 14.5. The highest BCUT2D eigenvalue weighted by Gasteiger charge is 2.59. The number of aromatic hydroxyl groups is 2. The first-order chi connectivity index (χ1) is 13.2. The van der Waals surface area contributed by atoms with E-state index in [1.807, 2.05) is 13.8 Å². The molecule has 7 nitrogen and oxygen atoms in total. The van der Waals surface area contributed by atoms with Crippen molar-refractivity contribution in [2.45, 2.75) is 37.9 Å². The van der Waals surface area contributed by atoms with Crippen molar-refractivity contribution in [3.8, 4) is 17.4 Å². The van der Waals surface area contributed by atoms with Crippen LogP contribution in [0.15, 0.2) is 30.3 Å². The van der Waals surface area contributed by atoms with E-state index in [4.69, 9.17) is 4.74 Å². The highest BCUT2D eigenvalue weighted by atomic mass is 19.1. The molecule has 1 saturated heterocycles. The minimum absolute atomic E-state index is 0.172. The van der Waals surface area contributed by atoms with E-state index in [0.29, 0.717) is 24.0 Å². The number of nitro benzene ring substituents is 1. The molecule has 2 bridgehead atoms. The number of benzene rings is 2. The Labute approximate surface area is 158 Å². The van der Waals surface area contributed by atoms with Crippen molar-refractivity contribution in [2.75, 3.05) is 0 Å². The van der Waals surface area contributed by atoms with Crippen molar-refractivity contribution in [1.82, 2.24) is 4.57 Å². The lowest BCUT2D eigenvalue weighted by Crippen LogP contribution is -2.17. The minimum atomic E-state index is -0.743. The molecule has 1 fully saturated rings. The number of non-ortho nitro benzene ring substituents is 1. The molecule has 2 N–H and O–H groups in total. The summed E-state index contributed by atoms with van der Waals surface area (Å²) in [5.74, 6) is -1.14. The first-order valence-electron chi connectivity index (χ1n) is 8.92.